The van der Waals surface area contributed by atoms with Gasteiger partial charge in [-0.3, -0.25) is 0 Å². The fraction of sp³-hybridized carbons (Fsp3) is 0.500. The minimum Gasteiger partial charge on any atom is -0.394 e. The molecular formula is C14H17FN2O. The number of hydrogen-bond donors (Lipinski definition) is 2. The lowest BCUT2D eigenvalue weighted by atomic mass is 9.98. The number of benzene rings is 1. The largest absolute Gasteiger partial charge is 0.394 e. The van der Waals surface area contributed by atoms with Crippen LogP contribution >= 0.6 is 0 Å². The molecule has 1 fully saturated rings. The Balaban J connectivity index is 2.06. The third kappa shape index (κ3) is 2.87. The van der Waals surface area contributed by atoms with Crippen molar-refractivity contribution in [3.8, 4) is 6.07 Å². The van der Waals surface area contributed by atoms with Crippen molar-refractivity contribution in [3.63, 3.8) is 0 Å². The predicted molar refractivity (Wildman–Crippen MR) is 66.2 cm³/mol. The first kappa shape index (κ1) is 13.0. The van der Waals surface area contributed by atoms with Crippen molar-refractivity contribution in [2.75, 3.05) is 6.61 Å². The molecule has 0 atom stereocenters. The van der Waals surface area contributed by atoms with E-state index in [2.05, 4.69) is 5.32 Å². The Kier molecular flexibility index (Phi) is 3.95. The SMILES string of the molecule is N#Cc1cc(F)cc(CNC2(CO)CCCC2)c1. The van der Waals surface area contributed by atoms with E-state index in [9.17, 15) is 9.50 Å². The molecule has 1 aliphatic rings. The highest BCUT2D eigenvalue weighted by Crippen LogP contribution is 2.29. The number of halogens is 1. The van der Waals surface area contributed by atoms with Crippen molar-refractivity contribution in [1.82, 2.24) is 5.32 Å². The summed E-state index contributed by atoms with van der Waals surface area (Å²) < 4.78 is 13.3. The summed E-state index contributed by atoms with van der Waals surface area (Å²) in [4.78, 5) is 0. The molecule has 1 saturated carbocycles. The van der Waals surface area contributed by atoms with Crippen molar-refractivity contribution in [2.24, 2.45) is 0 Å². The number of hydrogen-bond acceptors (Lipinski definition) is 3. The van der Waals surface area contributed by atoms with Crippen molar-refractivity contribution in [3.05, 3.63) is 35.1 Å². The summed E-state index contributed by atoms with van der Waals surface area (Å²) in [6, 6.07) is 6.27. The first-order valence-electron chi connectivity index (χ1n) is 6.23. The van der Waals surface area contributed by atoms with Gasteiger partial charge in [0.25, 0.3) is 0 Å². The number of nitriles is 1. The Hall–Kier alpha value is -1.44. The summed E-state index contributed by atoms with van der Waals surface area (Å²) in [6.45, 7) is 0.584. The maximum absolute atomic E-state index is 13.3. The van der Waals surface area contributed by atoms with Crippen molar-refractivity contribution in [1.29, 1.82) is 5.26 Å². The zero-order chi connectivity index (χ0) is 13.0. The van der Waals surface area contributed by atoms with Gasteiger partial charge in [-0.15, -0.1) is 0 Å². The van der Waals surface area contributed by atoms with E-state index < -0.39 is 5.82 Å². The fourth-order valence-electron chi connectivity index (χ4n) is 2.55. The summed E-state index contributed by atoms with van der Waals surface area (Å²) in [5, 5.41) is 21.6. The van der Waals surface area contributed by atoms with E-state index in [0.717, 1.165) is 31.2 Å². The molecule has 1 aromatic carbocycles. The second kappa shape index (κ2) is 5.47. The Bertz CT molecular complexity index is 461. The summed E-state index contributed by atoms with van der Waals surface area (Å²) in [7, 11) is 0. The maximum Gasteiger partial charge on any atom is 0.124 e. The smallest absolute Gasteiger partial charge is 0.124 e. The lowest BCUT2D eigenvalue weighted by Gasteiger charge is -2.28. The van der Waals surface area contributed by atoms with Crippen LogP contribution in [0.1, 0.15) is 36.8 Å². The third-order valence-corrected chi connectivity index (χ3v) is 3.62. The summed E-state index contributed by atoms with van der Waals surface area (Å²) in [5.74, 6) is -0.393. The Morgan fingerprint density at radius 1 is 1.33 bits per heavy atom. The molecule has 0 amide bonds. The van der Waals surface area contributed by atoms with Crippen LogP contribution in [0.4, 0.5) is 4.39 Å². The van der Waals surface area contributed by atoms with Gasteiger partial charge >= 0.3 is 0 Å². The molecule has 0 unspecified atom stereocenters. The van der Waals surface area contributed by atoms with Gasteiger partial charge in [0, 0.05) is 12.1 Å². The lowest BCUT2D eigenvalue weighted by molar-refractivity contribution is 0.163. The van der Waals surface area contributed by atoms with Crippen molar-refractivity contribution < 1.29 is 9.50 Å². The number of nitrogens with one attached hydrogen (secondary N) is 1. The molecule has 96 valence electrons. The summed E-state index contributed by atoms with van der Waals surface area (Å²) in [6.07, 6.45) is 4.12. The molecule has 4 heteroatoms. The van der Waals surface area contributed by atoms with Crippen LogP contribution < -0.4 is 5.32 Å². The van der Waals surface area contributed by atoms with Gasteiger partial charge in [-0.05, 0) is 36.6 Å². The fourth-order valence-corrected chi connectivity index (χ4v) is 2.55. The zero-order valence-corrected chi connectivity index (χ0v) is 10.2. The standard InChI is InChI=1S/C14H17FN2O/c15-13-6-11(8-16)5-12(7-13)9-17-14(10-18)3-1-2-4-14/h5-7,17-18H,1-4,9-10H2. The van der Waals surface area contributed by atoms with Gasteiger partial charge in [0.05, 0.1) is 18.2 Å². The Labute approximate surface area is 106 Å². The molecule has 0 heterocycles. The number of rotatable bonds is 4. The van der Waals surface area contributed by atoms with E-state index in [1.54, 1.807) is 6.07 Å². The molecule has 3 nitrogen and oxygen atoms in total. The highest BCUT2D eigenvalue weighted by atomic mass is 19.1. The molecule has 0 spiro atoms. The molecule has 0 bridgehead atoms. The van der Waals surface area contributed by atoms with Crippen LogP contribution in [0.5, 0.6) is 0 Å². The zero-order valence-electron chi connectivity index (χ0n) is 10.2. The quantitative estimate of drug-likeness (QED) is 0.857. The van der Waals surface area contributed by atoms with Crippen LogP contribution in [-0.2, 0) is 6.54 Å². The van der Waals surface area contributed by atoms with Gasteiger partial charge in [0.15, 0.2) is 0 Å². The molecule has 0 aromatic heterocycles. The van der Waals surface area contributed by atoms with Crippen LogP contribution in [0.15, 0.2) is 18.2 Å². The lowest BCUT2D eigenvalue weighted by Crippen LogP contribution is -2.45. The Morgan fingerprint density at radius 2 is 2.06 bits per heavy atom. The van der Waals surface area contributed by atoms with Crippen LogP contribution in [-0.4, -0.2) is 17.3 Å². The molecule has 18 heavy (non-hydrogen) atoms. The first-order chi connectivity index (χ1) is 8.67. The van der Waals surface area contributed by atoms with Crippen molar-refractivity contribution in [2.45, 2.75) is 37.8 Å². The third-order valence-electron chi connectivity index (χ3n) is 3.62. The van der Waals surface area contributed by atoms with Crippen LogP contribution in [0, 0.1) is 17.1 Å². The van der Waals surface area contributed by atoms with E-state index in [-0.39, 0.29) is 12.1 Å². The first-order valence-corrected chi connectivity index (χ1v) is 6.23. The van der Waals surface area contributed by atoms with E-state index in [1.165, 1.54) is 12.1 Å². The van der Waals surface area contributed by atoms with Gasteiger partial charge in [-0.25, -0.2) is 4.39 Å². The van der Waals surface area contributed by atoms with Gasteiger partial charge < -0.3 is 10.4 Å². The molecule has 1 aliphatic carbocycles. The average Bonchev–Trinajstić information content (AvgIpc) is 2.85. The molecular weight excluding hydrogens is 231 g/mol. The highest BCUT2D eigenvalue weighted by Gasteiger charge is 2.32. The minimum atomic E-state index is -0.393. The second-order valence-electron chi connectivity index (χ2n) is 4.96. The minimum absolute atomic E-state index is 0.105. The van der Waals surface area contributed by atoms with Crippen LogP contribution in [0.2, 0.25) is 0 Å². The van der Waals surface area contributed by atoms with E-state index in [4.69, 9.17) is 5.26 Å². The van der Waals surface area contributed by atoms with Gasteiger partial charge in [-0.2, -0.15) is 5.26 Å². The van der Waals surface area contributed by atoms with E-state index in [0.29, 0.717) is 12.1 Å². The molecule has 2 N–H and O–H groups in total. The number of aliphatic hydroxyl groups excluding tert-OH is 1. The topological polar surface area (TPSA) is 56.0 Å². The Morgan fingerprint density at radius 3 is 2.67 bits per heavy atom. The van der Waals surface area contributed by atoms with Crippen LogP contribution in [0.25, 0.3) is 0 Å². The normalized spacial score (nSPS) is 17.6. The van der Waals surface area contributed by atoms with Crippen molar-refractivity contribution >= 4 is 0 Å². The van der Waals surface area contributed by atoms with Crippen LogP contribution in [0.3, 0.4) is 0 Å². The number of nitrogens with zero attached hydrogens (tertiary/aromatic N) is 1. The maximum atomic E-state index is 13.3. The van der Waals surface area contributed by atoms with E-state index in [1.807, 2.05) is 6.07 Å². The second-order valence-corrected chi connectivity index (χ2v) is 4.96. The molecule has 0 radical (unpaired) electrons. The van der Waals surface area contributed by atoms with Gasteiger partial charge in [0.1, 0.15) is 5.82 Å². The van der Waals surface area contributed by atoms with Gasteiger partial charge in [0.2, 0.25) is 0 Å². The van der Waals surface area contributed by atoms with Gasteiger partial charge in [-0.1, -0.05) is 12.8 Å². The van der Waals surface area contributed by atoms with E-state index >= 15 is 0 Å². The molecule has 1 aromatic rings. The summed E-state index contributed by atoms with van der Waals surface area (Å²) in [5.41, 5.74) is 0.849. The molecule has 2 rings (SSSR count). The monoisotopic (exact) mass is 248 g/mol. The average molecular weight is 248 g/mol. The predicted octanol–water partition coefficient (Wildman–Crippen LogP) is 2.09. The summed E-state index contributed by atoms with van der Waals surface area (Å²) >= 11 is 0. The number of aliphatic hydroxyl groups is 1. The molecule has 0 saturated heterocycles. The molecule has 0 aliphatic heterocycles. The highest BCUT2D eigenvalue weighted by molar-refractivity contribution is 5.33.